The van der Waals surface area contributed by atoms with E-state index in [4.69, 9.17) is 10.5 Å². The lowest BCUT2D eigenvalue weighted by Gasteiger charge is -2.24. The number of nitrogen functional groups attached to an aromatic ring is 1. The fourth-order valence-corrected chi connectivity index (χ4v) is 3.25. The first-order chi connectivity index (χ1) is 10.2. The molecule has 1 saturated carbocycles. The van der Waals surface area contributed by atoms with Crippen molar-refractivity contribution < 1.29 is 4.74 Å². The second kappa shape index (κ2) is 5.80. The number of nitrogens with two attached hydrogens (primary N) is 1. The van der Waals surface area contributed by atoms with E-state index in [1.54, 1.807) is 11.8 Å². The van der Waals surface area contributed by atoms with Crippen LogP contribution in [0, 0.1) is 0 Å². The number of benzene rings is 1. The van der Waals surface area contributed by atoms with Crippen molar-refractivity contribution in [1.82, 2.24) is 9.78 Å². The maximum atomic E-state index is 5.89. The molecule has 2 aromatic rings. The highest BCUT2D eigenvalue weighted by Gasteiger charge is 2.20. The molecule has 1 heterocycles. The molecular formula is C17H23N3O. The highest BCUT2D eigenvalue weighted by atomic mass is 16.5. The SMILES string of the molecule is COc1ccc(-c2cc(N)n(C)n2)cc1C1CCCCC1. The van der Waals surface area contributed by atoms with Gasteiger partial charge in [-0.15, -0.1) is 0 Å². The van der Waals surface area contributed by atoms with Gasteiger partial charge in [-0.25, -0.2) is 0 Å². The average molecular weight is 285 g/mol. The molecule has 1 aromatic heterocycles. The number of nitrogens with zero attached hydrogens (tertiary/aromatic N) is 2. The molecule has 0 aliphatic heterocycles. The van der Waals surface area contributed by atoms with Crippen molar-refractivity contribution in [1.29, 1.82) is 0 Å². The minimum absolute atomic E-state index is 0.606. The van der Waals surface area contributed by atoms with Crippen LogP contribution in [0.2, 0.25) is 0 Å². The Balaban J connectivity index is 1.99. The maximum Gasteiger partial charge on any atom is 0.122 e. The van der Waals surface area contributed by atoms with Crippen LogP contribution in [0.3, 0.4) is 0 Å². The Morgan fingerprint density at radius 3 is 2.57 bits per heavy atom. The third-order valence-corrected chi connectivity index (χ3v) is 4.49. The molecule has 1 aliphatic rings. The molecule has 1 aliphatic carbocycles. The molecule has 112 valence electrons. The van der Waals surface area contributed by atoms with Crippen molar-refractivity contribution in [3.8, 4) is 17.0 Å². The van der Waals surface area contributed by atoms with E-state index >= 15 is 0 Å². The second-order valence-corrected chi connectivity index (χ2v) is 5.87. The third kappa shape index (κ3) is 2.75. The smallest absolute Gasteiger partial charge is 0.122 e. The topological polar surface area (TPSA) is 53.1 Å². The molecule has 0 spiro atoms. The van der Waals surface area contributed by atoms with Crippen LogP contribution in [-0.4, -0.2) is 16.9 Å². The zero-order valence-electron chi connectivity index (χ0n) is 12.8. The summed E-state index contributed by atoms with van der Waals surface area (Å²) in [5, 5.41) is 4.47. The number of aromatic nitrogens is 2. The van der Waals surface area contributed by atoms with Crippen LogP contribution in [0.5, 0.6) is 5.75 Å². The summed E-state index contributed by atoms with van der Waals surface area (Å²) in [6.45, 7) is 0. The van der Waals surface area contributed by atoms with Gasteiger partial charge in [0.1, 0.15) is 11.6 Å². The van der Waals surface area contributed by atoms with Gasteiger partial charge in [0.25, 0.3) is 0 Å². The Hall–Kier alpha value is -1.97. The summed E-state index contributed by atoms with van der Waals surface area (Å²) in [5.74, 6) is 2.28. The summed E-state index contributed by atoms with van der Waals surface area (Å²) in [7, 11) is 3.62. The van der Waals surface area contributed by atoms with Crippen LogP contribution in [0.25, 0.3) is 11.3 Å². The first-order valence-corrected chi connectivity index (χ1v) is 7.67. The average Bonchev–Trinajstić information content (AvgIpc) is 2.87. The van der Waals surface area contributed by atoms with Gasteiger partial charge < -0.3 is 10.5 Å². The highest BCUT2D eigenvalue weighted by molar-refractivity contribution is 5.65. The molecule has 0 saturated heterocycles. The number of anilines is 1. The molecule has 0 bridgehead atoms. The minimum atomic E-state index is 0.606. The summed E-state index contributed by atoms with van der Waals surface area (Å²) in [6.07, 6.45) is 6.49. The van der Waals surface area contributed by atoms with Crippen LogP contribution in [0.1, 0.15) is 43.6 Å². The lowest BCUT2D eigenvalue weighted by atomic mass is 9.83. The van der Waals surface area contributed by atoms with Gasteiger partial charge in [-0.3, -0.25) is 4.68 Å². The Labute approximate surface area is 125 Å². The van der Waals surface area contributed by atoms with Gasteiger partial charge in [0, 0.05) is 18.7 Å². The summed E-state index contributed by atoms with van der Waals surface area (Å²) in [4.78, 5) is 0. The van der Waals surface area contributed by atoms with E-state index in [2.05, 4.69) is 23.3 Å². The molecule has 1 aromatic carbocycles. The van der Waals surface area contributed by atoms with Crippen molar-refractivity contribution in [3.63, 3.8) is 0 Å². The van der Waals surface area contributed by atoms with E-state index < -0.39 is 0 Å². The number of methoxy groups -OCH3 is 1. The summed E-state index contributed by atoms with van der Waals surface area (Å²) < 4.78 is 7.28. The predicted molar refractivity (Wildman–Crippen MR) is 85.4 cm³/mol. The molecule has 0 atom stereocenters. The number of hydrogen-bond donors (Lipinski definition) is 1. The van der Waals surface area contributed by atoms with Crippen molar-refractivity contribution in [3.05, 3.63) is 29.8 Å². The van der Waals surface area contributed by atoms with Gasteiger partial charge in [-0.2, -0.15) is 5.10 Å². The molecule has 4 heteroatoms. The number of hydrogen-bond acceptors (Lipinski definition) is 3. The van der Waals surface area contributed by atoms with Crippen LogP contribution in [0.15, 0.2) is 24.3 Å². The van der Waals surface area contributed by atoms with Crippen LogP contribution >= 0.6 is 0 Å². The molecule has 4 nitrogen and oxygen atoms in total. The first kappa shape index (κ1) is 14.0. The first-order valence-electron chi connectivity index (χ1n) is 7.67. The van der Waals surface area contributed by atoms with Crippen molar-refractivity contribution in [2.24, 2.45) is 7.05 Å². The normalized spacial score (nSPS) is 16.1. The predicted octanol–water partition coefficient (Wildman–Crippen LogP) is 3.73. The molecule has 21 heavy (non-hydrogen) atoms. The number of ether oxygens (including phenoxy) is 1. The lowest BCUT2D eigenvalue weighted by Crippen LogP contribution is -2.06. The van der Waals surface area contributed by atoms with E-state index in [1.165, 1.54) is 37.7 Å². The Kier molecular flexibility index (Phi) is 3.86. The number of aryl methyl sites for hydroxylation is 1. The molecule has 0 amide bonds. The van der Waals surface area contributed by atoms with Gasteiger partial charge in [0.2, 0.25) is 0 Å². The Morgan fingerprint density at radius 2 is 1.95 bits per heavy atom. The molecule has 1 fully saturated rings. The standard InChI is InChI=1S/C17H23N3O/c1-20-17(18)11-15(19-20)13-8-9-16(21-2)14(10-13)12-6-4-3-5-7-12/h8-12H,3-7,18H2,1-2H3. The van der Waals surface area contributed by atoms with Gasteiger partial charge in [0.05, 0.1) is 12.8 Å². The van der Waals surface area contributed by atoms with Gasteiger partial charge >= 0.3 is 0 Å². The minimum Gasteiger partial charge on any atom is -0.496 e. The lowest BCUT2D eigenvalue weighted by molar-refractivity contribution is 0.387. The van der Waals surface area contributed by atoms with E-state index in [9.17, 15) is 0 Å². The zero-order chi connectivity index (χ0) is 14.8. The highest BCUT2D eigenvalue weighted by Crippen LogP contribution is 2.39. The van der Waals surface area contributed by atoms with E-state index in [0.29, 0.717) is 11.7 Å². The Bertz CT molecular complexity index is 607. The fraction of sp³-hybridized carbons (Fsp3) is 0.471. The van der Waals surface area contributed by atoms with E-state index in [-0.39, 0.29) is 0 Å². The van der Waals surface area contributed by atoms with Crippen molar-refractivity contribution in [2.45, 2.75) is 38.0 Å². The second-order valence-electron chi connectivity index (χ2n) is 5.87. The molecular weight excluding hydrogens is 262 g/mol. The van der Waals surface area contributed by atoms with E-state index in [0.717, 1.165) is 17.0 Å². The van der Waals surface area contributed by atoms with Crippen LogP contribution < -0.4 is 10.5 Å². The number of rotatable bonds is 3. The third-order valence-electron chi connectivity index (χ3n) is 4.49. The zero-order valence-corrected chi connectivity index (χ0v) is 12.8. The van der Waals surface area contributed by atoms with Gasteiger partial charge in [-0.05, 0) is 42.5 Å². The molecule has 0 radical (unpaired) electrons. The molecule has 2 N–H and O–H groups in total. The van der Waals surface area contributed by atoms with Crippen molar-refractivity contribution >= 4 is 5.82 Å². The summed E-state index contributed by atoms with van der Waals surface area (Å²) in [5.41, 5.74) is 9.25. The van der Waals surface area contributed by atoms with Crippen LogP contribution in [0.4, 0.5) is 5.82 Å². The van der Waals surface area contributed by atoms with Crippen LogP contribution in [-0.2, 0) is 7.05 Å². The fourth-order valence-electron chi connectivity index (χ4n) is 3.25. The van der Waals surface area contributed by atoms with E-state index in [1.807, 2.05) is 13.1 Å². The largest absolute Gasteiger partial charge is 0.496 e. The monoisotopic (exact) mass is 285 g/mol. The van der Waals surface area contributed by atoms with Gasteiger partial charge in [0.15, 0.2) is 0 Å². The summed E-state index contributed by atoms with van der Waals surface area (Å²) >= 11 is 0. The molecule has 0 unspecified atom stereocenters. The maximum absolute atomic E-state index is 5.89. The quantitative estimate of drug-likeness (QED) is 0.935. The summed E-state index contributed by atoms with van der Waals surface area (Å²) in [6, 6.07) is 8.28. The Morgan fingerprint density at radius 1 is 1.19 bits per heavy atom. The molecule has 3 rings (SSSR count). The van der Waals surface area contributed by atoms with Gasteiger partial charge in [-0.1, -0.05) is 19.3 Å². The van der Waals surface area contributed by atoms with Crippen molar-refractivity contribution in [2.75, 3.05) is 12.8 Å².